The maximum atomic E-state index is 12.1. The number of carboxylic acid groups (broad SMARTS) is 1. The van der Waals surface area contributed by atoms with Crippen LogP contribution in [-0.2, 0) is 9.59 Å². The molecule has 0 heterocycles. The fourth-order valence-electron chi connectivity index (χ4n) is 2.43. The van der Waals surface area contributed by atoms with E-state index in [1.807, 2.05) is 12.3 Å². The number of benzene rings is 1. The summed E-state index contributed by atoms with van der Waals surface area (Å²) in [5, 5.41) is 12.4. The van der Waals surface area contributed by atoms with Gasteiger partial charge in [0.15, 0.2) is 0 Å². The minimum absolute atomic E-state index is 0.123. The van der Waals surface area contributed by atoms with Crippen molar-refractivity contribution in [1.82, 2.24) is 0 Å². The summed E-state index contributed by atoms with van der Waals surface area (Å²) in [6.45, 7) is 0. The number of rotatable bonds is 4. The SMILES string of the molecule is CSc1ccc(NC(=O)[C@@H]2CC[C@H](C(=O)O)C2)cc1Cl. The quantitative estimate of drug-likeness (QED) is 0.835. The van der Waals surface area contributed by atoms with Gasteiger partial charge in [-0.3, -0.25) is 9.59 Å². The highest BCUT2D eigenvalue weighted by molar-refractivity contribution is 7.98. The van der Waals surface area contributed by atoms with E-state index < -0.39 is 11.9 Å². The summed E-state index contributed by atoms with van der Waals surface area (Å²) in [5.74, 6) is -1.56. The Morgan fingerprint density at radius 3 is 2.60 bits per heavy atom. The smallest absolute Gasteiger partial charge is 0.306 e. The summed E-state index contributed by atoms with van der Waals surface area (Å²) < 4.78 is 0. The molecule has 4 nitrogen and oxygen atoms in total. The van der Waals surface area contributed by atoms with Gasteiger partial charge in [0.2, 0.25) is 5.91 Å². The van der Waals surface area contributed by atoms with Crippen LogP contribution in [-0.4, -0.2) is 23.2 Å². The molecule has 2 atom stereocenters. The van der Waals surface area contributed by atoms with Gasteiger partial charge >= 0.3 is 5.97 Å². The Bertz CT molecular complexity index is 535. The zero-order chi connectivity index (χ0) is 14.7. The van der Waals surface area contributed by atoms with Crippen molar-refractivity contribution < 1.29 is 14.7 Å². The van der Waals surface area contributed by atoms with Crippen molar-refractivity contribution in [3.63, 3.8) is 0 Å². The van der Waals surface area contributed by atoms with E-state index in [9.17, 15) is 9.59 Å². The van der Waals surface area contributed by atoms with Gasteiger partial charge in [0.25, 0.3) is 0 Å². The van der Waals surface area contributed by atoms with Crippen LogP contribution in [0.15, 0.2) is 23.1 Å². The third-order valence-electron chi connectivity index (χ3n) is 3.57. The van der Waals surface area contributed by atoms with Crippen LogP contribution in [0.5, 0.6) is 0 Å². The molecule has 1 saturated carbocycles. The number of carbonyl (C=O) groups excluding carboxylic acids is 1. The van der Waals surface area contributed by atoms with Crippen LogP contribution in [0.4, 0.5) is 5.69 Å². The molecule has 1 fully saturated rings. The summed E-state index contributed by atoms with van der Waals surface area (Å²) in [6, 6.07) is 5.38. The van der Waals surface area contributed by atoms with Gasteiger partial charge in [-0.2, -0.15) is 0 Å². The Kier molecular flexibility index (Phi) is 4.94. The lowest BCUT2D eigenvalue weighted by atomic mass is 10.0. The van der Waals surface area contributed by atoms with Crippen molar-refractivity contribution in [1.29, 1.82) is 0 Å². The number of aliphatic carboxylic acids is 1. The largest absolute Gasteiger partial charge is 0.481 e. The third-order valence-corrected chi connectivity index (χ3v) is 4.79. The lowest BCUT2D eigenvalue weighted by molar-refractivity contribution is -0.141. The fraction of sp³-hybridized carbons (Fsp3) is 0.429. The second kappa shape index (κ2) is 6.50. The van der Waals surface area contributed by atoms with Crippen LogP contribution < -0.4 is 5.32 Å². The highest BCUT2D eigenvalue weighted by Gasteiger charge is 2.33. The molecule has 0 saturated heterocycles. The average molecular weight is 314 g/mol. The number of nitrogens with one attached hydrogen (secondary N) is 1. The van der Waals surface area contributed by atoms with Crippen LogP contribution in [0, 0.1) is 11.8 Å². The number of carboxylic acids is 1. The summed E-state index contributed by atoms with van der Waals surface area (Å²) >= 11 is 7.63. The molecular weight excluding hydrogens is 298 g/mol. The molecule has 0 bridgehead atoms. The Morgan fingerprint density at radius 2 is 2.05 bits per heavy atom. The molecule has 6 heteroatoms. The molecular formula is C14H16ClNO3S. The number of carbonyl (C=O) groups is 2. The van der Waals surface area contributed by atoms with Crippen LogP contribution in [0.25, 0.3) is 0 Å². The molecule has 1 aliphatic carbocycles. The van der Waals surface area contributed by atoms with E-state index in [0.29, 0.717) is 30.0 Å². The first-order valence-corrected chi connectivity index (χ1v) is 7.98. The first-order valence-electron chi connectivity index (χ1n) is 6.38. The zero-order valence-corrected chi connectivity index (χ0v) is 12.6. The van der Waals surface area contributed by atoms with Crippen LogP contribution in [0.2, 0.25) is 5.02 Å². The molecule has 108 valence electrons. The first-order chi connectivity index (χ1) is 9.51. The van der Waals surface area contributed by atoms with E-state index in [4.69, 9.17) is 16.7 Å². The number of amides is 1. The van der Waals surface area contributed by atoms with Crippen molar-refractivity contribution in [3.8, 4) is 0 Å². The highest BCUT2D eigenvalue weighted by Crippen LogP contribution is 2.33. The molecule has 2 N–H and O–H groups in total. The predicted octanol–water partition coefficient (Wildman–Crippen LogP) is 3.50. The van der Waals surface area contributed by atoms with E-state index in [1.165, 1.54) is 0 Å². The molecule has 0 unspecified atom stereocenters. The van der Waals surface area contributed by atoms with Crippen LogP contribution in [0.1, 0.15) is 19.3 Å². The topological polar surface area (TPSA) is 66.4 Å². The van der Waals surface area contributed by atoms with E-state index in [1.54, 1.807) is 23.9 Å². The van der Waals surface area contributed by atoms with Crippen LogP contribution >= 0.6 is 23.4 Å². The Morgan fingerprint density at radius 1 is 1.35 bits per heavy atom. The second-order valence-electron chi connectivity index (χ2n) is 4.88. The second-order valence-corrected chi connectivity index (χ2v) is 6.14. The highest BCUT2D eigenvalue weighted by atomic mass is 35.5. The van der Waals surface area contributed by atoms with Crippen LogP contribution in [0.3, 0.4) is 0 Å². The normalized spacial score (nSPS) is 21.7. The van der Waals surface area contributed by atoms with Gasteiger partial charge in [-0.05, 0) is 43.7 Å². The molecule has 1 aromatic carbocycles. The lowest BCUT2D eigenvalue weighted by Gasteiger charge is -2.12. The van der Waals surface area contributed by atoms with Crippen molar-refractivity contribution in [2.24, 2.45) is 11.8 Å². The fourth-order valence-corrected chi connectivity index (χ4v) is 3.30. The van der Waals surface area contributed by atoms with E-state index in [2.05, 4.69) is 5.32 Å². The van der Waals surface area contributed by atoms with Gasteiger partial charge in [0.1, 0.15) is 0 Å². The van der Waals surface area contributed by atoms with Gasteiger partial charge in [-0.15, -0.1) is 11.8 Å². The standard InChI is InChI=1S/C14H16ClNO3S/c1-20-12-5-4-10(7-11(12)15)16-13(17)8-2-3-9(6-8)14(18)19/h4-5,7-9H,2-3,6H2,1H3,(H,16,17)(H,18,19)/t8-,9+/m1/s1. The number of hydrogen-bond donors (Lipinski definition) is 2. The van der Waals surface area contributed by atoms with Gasteiger partial charge < -0.3 is 10.4 Å². The van der Waals surface area contributed by atoms with E-state index in [-0.39, 0.29) is 11.8 Å². The van der Waals surface area contributed by atoms with E-state index in [0.717, 1.165) is 4.90 Å². The van der Waals surface area contributed by atoms with E-state index >= 15 is 0 Å². The van der Waals surface area contributed by atoms with Gasteiger partial charge in [-0.1, -0.05) is 11.6 Å². The summed E-state index contributed by atoms with van der Waals surface area (Å²) in [6.07, 6.45) is 3.54. The number of anilines is 1. The zero-order valence-electron chi connectivity index (χ0n) is 11.1. The summed E-state index contributed by atoms with van der Waals surface area (Å²) in [4.78, 5) is 23.9. The first kappa shape index (κ1) is 15.2. The molecule has 0 radical (unpaired) electrons. The minimum Gasteiger partial charge on any atom is -0.481 e. The monoisotopic (exact) mass is 313 g/mol. The predicted molar refractivity (Wildman–Crippen MR) is 80.3 cm³/mol. The third kappa shape index (κ3) is 3.46. The lowest BCUT2D eigenvalue weighted by Crippen LogP contribution is -2.21. The Hall–Kier alpha value is -1.20. The van der Waals surface area contributed by atoms with Gasteiger partial charge in [0, 0.05) is 16.5 Å². The molecule has 0 aliphatic heterocycles. The molecule has 2 rings (SSSR count). The molecule has 1 amide bonds. The van der Waals surface area contributed by atoms with Gasteiger partial charge in [0.05, 0.1) is 10.9 Å². The number of halogens is 1. The van der Waals surface area contributed by atoms with Crippen molar-refractivity contribution in [3.05, 3.63) is 23.2 Å². The average Bonchev–Trinajstić information content (AvgIpc) is 2.88. The molecule has 1 aromatic rings. The molecule has 0 aromatic heterocycles. The van der Waals surface area contributed by atoms with Crippen molar-refractivity contribution in [2.45, 2.75) is 24.2 Å². The molecule has 1 aliphatic rings. The minimum atomic E-state index is -0.812. The van der Waals surface area contributed by atoms with Crippen molar-refractivity contribution >= 4 is 40.9 Å². The molecule has 0 spiro atoms. The summed E-state index contributed by atoms with van der Waals surface area (Å²) in [5.41, 5.74) is 0.650. The van der Waals surface area contributed by atoms with Crippen molar-refractivity contribution in [2.75, 3.05) is 11.6 Å². The number of thioether (sulfide) groups is 1. The van der Waals surface area contributed by atoms with Gasteiger partial charge in [-0.25, -0.2) is 0 Å². The number of hydrogen-bond acceptors (Lipinski definition) is 3. The maximum absolute atomic E-state index is 12.1. The molecule has 20 heavy (non-hydrogen) atoms. The Labute approximate surface area is 126 Å². The summed E-state index contributed by atoms with van der Waals surface area (Å²) in [7, 11) is 0. The Balaban J connectivity index is 1.98. The maximum Gasteiger partial charge on any atom is 0.306 e.